The van der Waals surface area contributed by atoms with Crippen LogP contribution in [0.3, 0.4) is 0 Å². The Morgan fingerprint density at radius 2 is 1.71 bits per heavy atom. The van der Waals surface area contributed by atoms with Gasteiger partial charge >= 0.3 is 6.18 Å². The molecular weight excluding hydrogens is 382 g/mol. The third kappa shape index (κ3) is 5.33. The summed E-state index contributed by atoms with van der Waals surface area (Å²) in [7, 11) is 0. The molecule has 0 spiro atoms. The SMILES string of the molecule is O=C(CSCc1c(Cl)cccc1Cl)Nc1cccc(C(F)(F)F)c1. The Kier molecular flexibility index (Phi) is 6.43. The fourth-order valence-corrected chi connectivity index (χ4v) is 3.45. The Morgan fingerprint density at radius 3 is 2.33 bits per heavy atom. The van der Waals surface area contributed by atoms with Gasteiger partial charge in [0.25, 0.3) is 0 Å². The maximum Gasteiger partial charge on any atom is 0.416 e. The van der Waals surface area contributed by atoms with Gasteiger partial charge in [-0.05, 0) is 35.9 Å². The molecule has 2 aromatic rings. The summed E-state index contributed by atoms with van der Waals surface area (Å²) in [5, 5.41) is 3.46. The van der Waals surface area contributed by atoms with Crippen LogP contribution >= 0.6 is 35.0 Å². The number of anilines is 1. The predicted octanol–water partition coefficient (Wildman–Crippen LogP) is 5.88. The number of amides is 1. The quantitative estimate of drug-likeness (QED) is 0.686. The third-order valence-corrected chi connectivity index (χ3v) is 4.68. The van der Waals surface area contributed by atoms with Gasteiger partial charge in [-0.2, -0.15) is 13.2 Å². The summed E-state index contributed by atoms with van der Waals surface area (Å²) in [6, 6.07) is 9.62. The lowest BCUT2D eigenvalue weighted by Crippen LogP contribution is -2.15. The van der Waals surface area contributed by atoms with E-state index < -0.39 is 17.6 Å². The number of hydrogen-bond donors (Lipinski definition) is 1. The average Bonchev–Trinajstić information content (AvgIpc) is 2.49. The molecule has 0 aliphatic carbocycles. The van der Waals surface area contributed by atoms with E-state index in [1.165, 1.54) is 23.9 Å². The first-order chi connectivity index (χ1) is 11.3. The lowest BCUT2D eigenvalue weighted by molar-refractivity contribution is -0.137. The molecule has 2 rings (SSSR count). The molecule has 0 atom stereocenters. The van der Waals surface area contributed by atoms with Crippen LogP contribution in [-0.4, -0.2) is 11.7 Å². The summed E-state index contributed by atoms with van der Waals surface area (Å²) in [6.07, 6.45) is -4.45. The maximum absolute atomic E-state index is 12.6. The molecule has 2 aromatic carbocycles. The minimum absolute atomic E-state index is 0.0673. The fraction of sp³-hybridized carbons (Fsp3) is 0.188. The molecule has 24 heavy (non-hydrogen) atoms. The first-order valence-electron chi connectivity index (χ1n) is 6.75. The number of halogens is 5. The zero-order valence-electron chi connectivity index (χ0n) is 12.2. The van der Waals surface area contributed by atoms with Crippen molar-refractivity contribution in [3.05, 3.63) is 63.6 Å². The minimum Gasteiger partial charge on any atom is -0.325 e. The first kappa shape index (κ1) is 19.0. The molecule has 128 valence electrons. The van der Waals surface area contributed by atoms with E-state index in [0.717, 1.165) is 17.7 Å². The number of benzene rings is 2. The number of alkyl halides is 3. The average molecular weight is 394 g/mol. The summed E-state index contributed by atoms with van der Waals surface area (Å²) >= 11 is 13.3. The highest BCUT2D eigenvalue weighted by molar-refractivity contribution is 7.99. The molecule has 8 heteroatoms. The molecule has 0 heterocycles. The second-order valence-electron chi connectivity index (χ2n) is 4.82. The maximum atomic E-state index is 12.6. The van der Waals surface area contributed by atoms with Crippen molar-refractivity contribution in [1.82, 2.24) is 0 Å². The highest BCUT2D eigenvalue weighted by atomic mass is 35.5. The Morgan fingerprint density at radius 1 is 1.08 bits per heavy atom. The normalized spacial score (nSPS) is 11.4. The van der Waals surface area contributed by atoms with Crippen molar-refractivity contribution in [2.75, 3.05) is 11.1 Å². The molecule has 0 aliphatic heterocycles. The molecule has 0 saturated heterocycles. The van der Waals surface area contributed by atoms with E-state index in [1.807, 2.05) is 0 Å². The number of hydrogen-bond acceptors (Lipinski definition) is 2. The van der Waals surface area contributed by atoms with E-state index in [4.69, 9.17) is 23.2 Å². The number of carbonyl (C=O) groups excluding carboxylic acids is 1. The van der Waals surface area contributed by atoms with E-state index in [0.29, 0.717) is 15.8 Å². The molecule has 0 unspecified atom stereocenters. The van der Waals surface area contributed by atoms with E-state index in [1.54, 1.807) is 18.2 Å². The van der Waals surface area contributed by atoms with Crippen molar-refractivity contribution in [3.8, 4) is 0 Å². The topological polar surface area (TPSA) is 29.1 Å². The third-order valence-electron chi connectivity index (χ3n) is 3.01. The fourth-order valence-electron chi connectivity index (χ4n) is 1.89. The highest BCUT2D eigenvalue weighted by Crippen LogP contribution is 2.31. The van der Waals surface area contributed by atoms with Crippen LogP contribution in [-0.2, 0) is 16.7 Å². The summed E-state index contributed by atoms with van der Waals surface area (Å²) in [4.78, 5) is 11.9. The smallest absolute Gasteiger partial charge is 0.325 e. The van der Waals surface area contributed by atoms with Crippen molar-refractivity contribution in [2.24, 2.45) is 0 Å². The molecule has 2 nitrogen and oxygen atoms in total. The van der Waals surface area contributed by atoms with Gasteiger partial charge in [0.1, 0.15) is 0 Å². The Hall–Kier alpha value is -1.37. The molecule has 0 fully saturated rings. The molecule has 0 radical (unpaired) electrons. The van der Waals surface area contributed by atoms with Gasteiger partial charge in [0.2, 0.25) is 5.91 Å². The first-order valence-corrected chi connectivity index (χ1v) is 8.66. The van der Waals surface area contributed by atoms with Gasteiger partial charge in [-0.3, -0.25) is 4.79 Å². The number of carbonyl (C=O) groups is 1. The Bertz CT molecular complexity index is 717. The predicted molar refractivity (Wildman–Crippen MR) is 92.7 cm³/mol. The van der Waals surface area contributed by atoms with Crippen LogP contribution in [0, 0.1) is 0 Å². The lowest BCUT2D eigenvalue weighted by atomic mass is 10.2. The summed E-state index contributed by atoms with van der Waals surface area (Å²) in [6.45, 7) is 0. The van der Waals surface area contributed by atoms with Crippen LogP contribution in [0.2, 0.25) is 10.0 Å². The van der Waals surface area contributed by atoms with Crippen LogP contribution in [0.15, 0.2) is 42.5 Å². The molecule has 0 saturated carbocycles. The molecule has 0 bridgehead atoms. The number of nitrogens with one attached hydrogen (secondary N) is 1. The standard InChI is InChI=1S/C16H12Cl2F3NOS/c17-13-5-2-6-14(18)12(13)8-24-9-15(23)22-11-4-1-3-10(7-11)16(19,20)21/h1-7H,8-9H2,(H,22,23). The van der Waals surface area contributed by atoms with Crippen molar-refractivity contribution in [1.29, 1.82) is 0 Å². The zero-order valence-corrected chi connectivity index (χ0v) is 14.5. The highest BCUT2D eigenvalue weighted by Gasteiger charge is 2.30. The summed E-state index contributed by atoms with van der Waals surface area (Å²) in [5.74, 6) is 0.0919. The van der Waals surface area contributed by atoms with Crippen molar-refractivity contribution in [3.63, 3.8) is 0 Å². The largest absolute Gasteiger partial charge is 0.416 e. The van der Waals surface area contributed by atoms with E-state index >= 15 is 0 Å². The van der Waals surface area contributed by atoms with Gasteiger partial charge in [-0.15, -0.1) is 11.8 Å². The van der Waals surface area contributed by atoms with Crippen molar-refractivity contribution < 1.29 is 18.0 Å². The summed E-state index contributed by atoms with van der Waals surface area (Å²) < 4.78 is 37.9. The van der Waals surface area contributed by atoms with Crippen molar-refractivity contribution >= 4 is 46.6 Å². The molecule has 1 N–H and O–H groups in total. The monoisotopic (exact) mass is 393 g/mol. The van der Waals surface area contributed by atoms with Crippen LogP contribution in [0.4, 0.5) is 18.9 Å². The summed E-state index contributed by atoms with van der Waals surface area (Å²) in [5.41, 5.74) is 0.0136. The van der Waals surface area contributed by atoms with Crippen molar-refractivity contribution in [2.45, 2.75) is 11.9 Å². The second-order valence-corrected chi connectivity index (χ2v) is 6.62. The zero-order chi connectivity index (χ0) is 17.7. The number of rotatable bonds is 5. The molecule has 0 aliphatic rings. The lowest BCUT2D eigenvalue weighted by Gasteiger charge is -2.10. The van der Waals surface area contributed by atoms with Crippen LogP contribution in [0.5, 0.6) is 0 Å². The minimum atomic E-state index is -4.45. The van der Waals surface area contributed by atoms with Gasteiger partial charge in [0.15, 0.2) is 0 Å². The number of thioether (sulfide) groups is 1. The second kappa shape index (κ2) is 8.14. The Balaban J connectivity index is 1.90. The Labute approximate surface area is 151 Å². The van der Waals surface area contributed by atoms with Gasteiger partial charge < -0.3 is 5.32 Å². The van der Waals surface area contributed by atoms with Gasteiger partial charge in [-0.25, -0.2) is 0 Å². The van der Waals surface area contributed by atoms with Gasteiger partial charge in [0.05, 0.1) is 11.3 Å². The van der Waals surface area contributed by atoms with E-state index in [-0.39, 0.29) is 11.4 Å². The molecule has 1 amide bonds. The van der Waals surface area contributed by atoms with E-state index in [9.17, 15) is 18.0 Å². The van der Waals surface area contributed by atoms with Crippen LogP contribution < -0.4 is 5.32 Å². The van der Waals surface area contributed by atoms with E-state index in [2.05, 4.69) is 5.32 Å². The van der Waals surface area contributed by atoms with Crippen LogP contribution in [0.1, 0.15) is 11.1 Å². The van der Waals surface area contributed by atoms with Crippen LogP contribution in [0.25, 0.3) is 0 Å². The molecular formula is C16H12Cl2F3NOS. The van der Waals surface area contributed by atoms with Gasteiger partial charge in [-0.1, -0.05) is 35.3 Å². The molecule has 0 aromatic heterocycles. The van der Waals surface area contributed by atoms with Gasteiger partial charge in [0, 0.05) is 21.5 Å².